The highest BCUT2D eigenvalue weighted by Crippen LogP contribution is 2.44. The molecule has 0 unspecified atom stereocenters. The van der Waals surface area contributed by atoms with Crippen molar-refractivity contribution in [1.82, 2.24) is 4.98 Å². The van der Waals surface area contributed by atoms with Gasteiger partial charge in [0.15, 0.2) is 5.13 Å². The smallest absolute Gasteiger partial charge is 0.305 e. The van der Waals surface area contributed by atoms with Gasteiger partial charge < -0.3 is 10.0 Å². The zero-order valence-electron chi connectivity index (χ0n) is 18.1. The number of hydrogen-bond acceptors (Lipinski definition) is 5. The third-order valence-corrected chi connectivity index (χ3v) is 8.58. The summed E-state index contributed by atoms with van der Waals surface area (Å²) in [6.07, 6.45) is 6.11. The molecule has 160 valence electrons. The Morgan fingerprint density at radius 3 is 2.59 bits per heavy atom. The van der Waals surface area contributed by atoms with Crippen LogP contribution < -0.4 is 4.90 Å². The topological polar surface area (TPSA) is 53.4 Å². The van der Waals surface area contributed by atoms with E-state index in [9.17, 15) is 9.90 Å². The molecule has 0 amide bonds. The van der Waals surface area contributed by atoms with Crippen molar-refractivity contribution in [3.05, 3.63) is 33.0 Å². The van der Waals surface area contributed by atoms with E-state index in [1.54, 1.807) is 11.3 Å². The number of carbonyl (C=O) groups is 1. The largest absolute Gasteiger partial charge is 0.481 e. The monoisotopic (exact) mass is 434 g/mol. The van der Waals surface area contributed by atoms with Crippen LogP contribution in [0.25, 0.3) is 0 Å². The molecule has 1 aliphatic rings. The minimum atomic E-state index is -0.758. The molecule has 2 aromatic rings. The fourth-order valence-corrected chi connectivity index (χ4v) is 6.23. The summed E-state index contributed by atoms with van der Waals surface area (Å²) >= 11 is 3.48. The Kier molecular flexibility index (Phi) is 7.38. The zero-order valence-corrected chi connectivity index (χ0v) is 19.7. The van der Waals surface area contributed by atoms with Crippen LogP contribution in [0.2, 0.25) is 0 Å². The van der Waals surface area contributed by atoms with E-state index in [0.717, 1.165) is 29.9 Å². The van der Waals surface area contributed by atoms with Gasteiger partial charge in [-0.2, -0.15) is 0 Å². The second-order valence-corrected chi connectivity index (χ2v) is 11.0. The predicted molar refractivity (Wildman–Crippen MR) is 123 cm³/mol. The second-order valence-electron chi connectivity index (χ2n) is 8.94. The molecule has 1 fully saturated rings. The van der Waals surface area contributed by atoms with Crippen LogP contribution in [-0.4, -0.2) is 22.6 Å². The van der Waals surface area contributed by atoms with Gasteiger partial charge in [-0.1, -0.05) is 27.7 Å². The lowest BCUT2D eigenvalue weighted by atomic mass is 9.68. The van der Waals surface area contributed by atoms with Gasteiger partial charge >= 0.3 is 5.97 Å². The van der Waals surface area contributed by atoms with Crippen molar-refractivity contribution in [1.29, 1.82) is 0 Å². The van der Waals surface area contributed by atoms with E-state index in [0.29, 0.717) is 6.54 Å². The number of thiophene rings is 1. The molecule has 2 aromatic heterocycles. The van der Waals surface area contributed by atoms with Crippen molar-refractivity contribution in [3.63, 3.8) is 0 Å². The van der Waals surface area contributed by atoms with E-state index in [-0.39, 0.29) is 11.8 Å². The van der Waals surface area contributed by atoms with E-state index in [2.05, 4.69) is 50.1 Å². The fraction of sp³-hybridized carbons (Fsp3) is 0.652. The summed E-state index contributed by atoms with van der Waals surface area (Å²) in [5.41, 5.74) is 1.34. The van der Waals surface area contributed by atoms with E-state index in [1.165, 1.54) is 41.1 Å². The lowest BCUT2D eigenvalue weighted by Crippen LogP contribution is -2.31. The van der Waals surface area contributed by atoms with Crippen LogP contribution in [0, 0.1) is 11.8 Å². The van der Waals surface area contributed by atoms with Crippen LogP contribution in [-0.2, 0) is 23.2 Å². The Hall–Kier alpha value is -1.40. The van der Waals surface area contributed by atoms with Crippen molar-refractivity contribution >= 4 is 33.8 Å². The molecule has 0 aromatic carbocycles. The van der Waals surface area contributed by atoms with Crippen LogP contribution in [0.1, 0.15) is 75.2 Å². The molecule has 3 rings (SSSR count). The number of nitrogens with zero attached hydrogens (tertiary/aromatic N) is 2. The van der Waals surface area contributed by atoms with Crippen molar-refractivity contribution < 1.29 is 9.90 Å². The summed E-state index contributed by atoms with van der Waals surface area (Å²) in [7, 11) is 0. The Morgan fingerprint density at radius 1 is 1.31 bits per heavy atom. The first-order valence-corrected chi connectivity index (χ1v) is 12.5. The first-order chi connectivity index (χ1) is 13.8. The van der Waals surface area contributed by atoms with Gasteiger partial charge in [-0.25, -0.2) is 4.98 Å². The third kappa shape index (κ3) is 5.60. The molecule has 0 saturated heterocycles. The van der Waals surface area contributed by atoms with E-state index < -0.39 is 5.97 Å². The third-order valence-electron chi connectivity index (χ3n) is 6.47. The summed E-state index contributed by atoms with van der Waals surface area (Å²) in [5, 5.41) is 12.4. The zero-order chi connectivity index (χ0) is 21.0. The number of carboxylic acid groups (broad SMARTS) is 1. The second kappa shape index (κ2) is 9.61. The van der Waals surface area contributed by atoms with Crippen LogP contribution in [0.15, 0.2) is 17.5 Å². The normalized spacial score (nSPS) is 22.2. The van der Waals surface area contributed by atoms with Gasteiger partial charge in [-0.3, -0.25) is 4.79 Å². The highest BCUT2D eigenvalue weighted by molar-refractivity contribution is 7.14. The Balaban J connectivity index is 1.75. The molecule has 2 heterocycles. The van der Waals surface area contributed by atoms with E-state index >= 15 is 0 Å². The van der Waals surface area contributed by atoms with Gasteiger partial charge in [0, 0.05) is 27.1 Å². The maximum Gasteiger partial charge on any atom is 0.305 e. The average Bonchev–Trinajstić information content (AvgIpc) is 3.35. The molecule has 0 atom stereocenters. The highest BCUT2D eigenvalue weighted by atomic mass is 32.1. The number of rotatable bonds is 9. The van der Waals surface area contributed by atoms with Crippen LogP contribution in [0.3, 0.4) is 0 Å². The molecular weight excluding hydrogens is 400 g/mol. The molecule has 6 heteroatoms. The highest BCUT2D eigenvalue weighted by Gasteiger charge is 2.35. The molecule has 1 saturated carbocycles. The number of thiazole rings is 1. The molecule has 0 aliphatic heterocycles. The van der Waals surface area contributed by atoms with Crippen LogP contribution >= 0.6 is 22.7 Å². The summed E-state index contributed by atoms with van der Waals surface area (Å²) in [4.78, 5) is 21.0. The summed E-state index contributed by atoms with van der Waals surface area (Å²) in [6, 6.07) is 4.34. The number of aromatic nitrogens is 1. The molecule has 0 bridgehead atoms. The Morgan fingerprint density at radius 2 is 2.00 bits per heavy atom. The van der Waals surface area contributed by atoms with Crippen molar-refractivity contribution in [2.45, 2.75) is 78.2 Å². The van der Waals surface area contributed by atoms with Crippen molar-refractivity contribution in [2.75, 3.05) is 11.4 Å². The lowest BCUT2D eigenvalue weighted by Gasteiger charge is -2.37. The lowest BCUT2D eigenvalue weighted by molar-refractivity contribution is -0.136. The first kappa shape index (κ1) is 22.3. The molecule has 1 N–H and O–H groups in total. The maximum absolute atomic E-state index is 11.2. The summed E-state index contributed by atoms with van der Waals surface area (Å²) < 4.78 is 0. The van der Waals surface area contributed by atoms with Crippen molar-refractivity contribution in [2.24, 2.45) is 11.8 Å². The molecule has 0 radical (unpaired) electrons. The number of hydrogen-bond donors (Lipinski definition) is 1. The number of carboxylic acids is 1. The van der Waals surface area contributed by atoms with Gasteiger partial charge in [0.25, 0.3) is 0 Å². The molecule has 0 spiro atoms. The standard InChI is InChI=1S/C23H34N2O2S2/c1-5-18-6-7-19(29-18)14-25(13-10-21(26)27)22-24-20(15-28-22)23(4)11-8-17(9-12-23)16(2)3/h6-7,15-17H,5,8-14H2,1-4H3,(H,26,27). The van der Waals surface area contributed by atoms with Gasteiger partial charge in [-0.05, 0) is 56.1 Å². The molecular formula is C23H34N2O2S2. The molecule has 29 heavy (non-hydrogen) atoms. The summed E-state index contributed by atoms with van der Waals surface area (Å²) in [6.45, 7) is 10.4. The quantitative estimate of drug-likeness (QED) is 0.499. The number of aryl methyl sites for hydroxylation is 1. The predicted octanol–water partition coefficient (Wildman–Crippen LogP) is 6.35. The number of aliphatic carboxylic acids is 1. The number of anilines is 1. The van der Waals surface area contributed by atoms with Gasteiger partial charge in [0.1, 0.15) is 0 Å². The Bertz CT molecular complexity index is 803. The SMILES string of the molecule is CCc1ccc(CN(CCC(=O)O)c2nc(C3(C)CCC(C(C)C)CC3)cs2)s1. The van der Waals surface area contributed by atoms with Gasteiger partial charge in [0.05, 0.1) is 18.7 Å². The van der Waals surface area contributed by atoms with Gasteiger partial charge in [-0.15, -0.1) is 22.7 Å². The fourth-order valence-electron chi connectivity index (χ4n) is 4.25. The van der Waals surface area contributed by atoms with E-state index in [4.69, 9.17) is 4.98 Å². The maximum atomic E-state index is 11.2. The minimum Gasteiger partial charge on any atom is -0.481 e. The van der Waals surface area contributed by atoms with Gasteiger partial charge in [0.2, 0.25) is 0 Å². The van der Waals surface area contributed by atoms with Crippen LogP contribution in [0.4, 0.5) is 5.13 Å². The Labute approximate surface area is 183 Å². The molecule has 4 nitrogen and oxygen atoms in total. The first-order valence-electron chi connectivity index (χ1n) is 10.8. The minimum absolute atomic E-state index is 0.133. The average molecular weight is 435 g/mol. The van der Waals surface area contributed by atoms with Crippen LogP contribution in [0.5, 0.6) is 0 Å². The molecule has 1 aliphatic carbocycles. The van der Waals surface area contributed by atoms with Crippen molar-refractivity contribution in [3.8, 4) is 0 Å². The van der Waals surface area contributed by atoms with E-state index in [1.807, 2.05) is 11.3 Å². The summed E-state index contributed by atoms with van der Waals surface area (Å²) in [5.74, 6) is 0.835.